The van der Waals surface area contributed by atoms with Crippen LogP contribution in [-0.4, -0.2) is 18.1 Å². The van der Waals surface area contributed by atoms with Crippen LogP contribution >= 0.6 is 15.9 Å². The van der Waals surface area contributed by atoms with Gasteiger partial charge in [-0.25, -0.2) is 0 Å². The van der Waals surface area contributed by atoms with Crippen molar-refractivity contribution < 1.29 is 0 Å². The van der Waals surface area contributed by atoms with E-state index in [2.05, 4.69) is 76.5 Å². The Morgan fingerprint density at radius 1 is 1.20 bits per heavy atom. The normalized spacial score (nSPS) is 12.3. The standard InChI is InChI=1S/C17H21BrN2/c1-3-19-11-14(17-7-5-4-6-13(17)2)10-16-9-8-15(18)12-20-16/h4-9,12,14,19H,3,10-11H2,1-2H3. The van der Waals surface area contributed by atoms with Crippen molar-refractivity contribution in [2.24, 2.45) is 0 Å². The molecule has 0 saturated heterocycles. The lowest BCUT2D eigenvalue weighted by molar-refractivity contribution is 0.587. The molecule has 2 rings (SSSR count). The molecule has 0 bridgehead atoms. The molecule has 106 valence electrons. The van der Waals surface area contributed by atoms with Crippen LogP contribution in [0, 0.1) is 6.92 Å². The van der Waals surface area contributed by atoms with Gasteiger partial charge in [0.25, 0.3) is 0 Å². The molecule has 2 nitrogen and oxygen atoms in total. The van der Waals surface area contributed by atoms with Crippen LogP contribution in [0.3, 0.4) is 0 Å². The molecule has 0 aliphatic heterocycles. The van der Waals surface area contributed by atoms with Gasteiger partial charge in [0.15, 0.2) is 0 Å². The number of likely N-dealkylation sites (N-methyl/N-ethyl adjacent to an activating group) is 1. The number of hydrogen-bond acceptors (Lipinski definition) is 2. The molecule has 0 amide bonds. The summed E-state index contributed by atoms with van der Waals surface area (Å²) in [6.45, 7) is 6.31. The second kappa shape index (κ2) is 7.55. The molecule has 0 aliphatic rings. The third kappa shape index (κ3) is 4.15. The zero-order valence-corrected chi connectivity index (χ0v) is 13.7. The number of nitrogens with one attached hydrogen (secondary N) is 1. The van der Waals surface area contributed by atoms with Gasteiger partial charge in [-0.15, -0.1) is 0 Å². The first-order chi connectivity index (χ1) is 9.70. The van der Waals surface area contributed by atoms with Gasteiger partial charge in [-0.05, 0) is 59.1 Å². The third-order valence-electron chi connectivity index (χ3n) is 3.51. The first-order valence-corrected chi connectivity index (χ1v) is 7.86. The van der Waals surface area contributed by atoms with E-state index in [0.717, 1.165) is 29.7 Å². The zero-order valence-electron chi connectivity index (χ0n) is 12.1. The van der Waals surface area contributed by atoms with Gasteiger partial charge in [0.1, 0.15) is 0 Å². The monoisotopic (exact) mass is 332 g/mol. The number of benzene rings is 1. The van der Waals surface area contributed by atoms with Gasteiger partial charge in [0.05, 0.1) is 0 Å². The Labute approximate surface area is 129 Å². The highest BCUT2D eigenvalue weighted by atomic mass is 79.9. The molecule has 1 atom stereocenters. The molecule has 1 aromatic carbocycles. The van der Waals surface area contributed by atoms with Crippen molar-refractivity contribution in [2.45, 2.75) is 26.2 Å². The molecule has 0 aliphatic carbocycles. The molecule has 1 unspecified atom stereocenters. The van der Waals surface area contributed by atoms with E-state index in [1.54, 1.807) is 0 Å². The summed E-state index contributed by atoms with van der Waals surface area (Å²) in [7, 11) is 0. The molecular weight excluding hydrogens is 312 g/mol. The summed E-state index contributed by atoms with van der Waals surface area (Å²) in [4.78, 5) is 4.51. The fourth-order valence-corrected chi connectivity index (χ4v) is 2.67. The summed E-state index contributed by atoms with van der Waals surface area (Å²) >= 11 is 3.44. The van der Waals surface area contributed by atoms with E-state index in [-0.39, 0.29) is 0 Å². The summed E-state index contributed by atoms with van der Waals surface area (Å²) < 4.78 is 1.03. The number of halogens is 1. The van der Waals surface area contributed by atoms with Crippen molar-refractivity contribution in [3.05, 3.63) is 63.9 Å². The van der Waals surface area contributed by atoms with Crippen molar-refractivity contribution in [2.75, 3.05) is 13.1 Å². The Kier molecular flexibility index (Phi) is 5.74. The van der Waals surface area contributed by atoms with Gasteiger partial charge >= 0.3 is 0 Å². The summed E-state index contributed by atoms with van der Waals surface area (Å²) in [6.07, 6.45) is 2.84. The van der Waals surface area contributed by atoms with Crippen LogP contribution in [0.2, 0.25) is 0 Å². The van der Waals surface area contributed by atoms with E-state index in [0.29, 0.717) is 5.92 Å². The molecule has 1 heterocycles. The molecule has 3 heteroatoms. The summed E-state index contributed by atoms with van der Waals surface area (Å²) in [5.41, 5.74) is 3.91. The lowest BCUT2D eigenvalue weighted by Crippen LogP contribution is -2.23. The first-order valence-electron chi connectivity index (χ1n) is 7.07. The Balaban J connectivity index is 2.19. The highest BCUT2D eigenvalue weighted by Crippen LogP contribution is 2.23. The number of pyridine rings is 1. The van der Waals surface area contributed by atoms with E-state index < -0.39 is 0 Å². The fraction of sp³-hybridized carbons (Fsp3) is 0.353. The quantitative estimate of drug-likeness (QED) is 0.861. The minimum absolute atomic E-state index is 0.463. The van der Waals surface area contributed by atoms with Crippen LogP contribution in [-0.2, 0) is 6.42 Å². The topological polar surface area (TPSA) is 24.9 Å². The van der Waals surface area contributed by atoms with Crippen LogP contribution in [0.5, 0.6) is 0 Å². The van der Waals surface area contributed by atoms with Crippen molar-refractivity contribution >= 4 is 15.9 Å². The highest BCUT2D eigenvalue weighted by Gasteiger charge is 2.14. The van der Waals surface area contributed by atoms with Gasteiger partial charge in [-0.3, -0.25) is 4.98 Å². The number of aromatic nitrogens is 1. The van der Waals surface area contributed by atoms with Crippen LogP contribution < -0.4 is 5.32 Å². The summed E-state index contributed by atoms with van der Waals surface area (Å²) in [5, 5.41) is 3.47. The SMILES string of the molecule is CCNCC(Cc1ccc(Br)cn1)c1ccccc1C. The predicted octanol–water partition coefficient (Wildman–Crippen LogP) is 4.09. The Morgan fingerprint density at radius 3 is 2.65 bits per heavy atom. The van der Waals surface area contributed by atoms with Crippen LogP contribution in [0.15, 0.2) is 47.1 Å². The van der Waals surface area contributed by atoms with Crippen molar-refractivity contribution in [3.8, 4) is 0 Å². The van der Waals surface area contributed by atoms with Crippen molar-refractivity contribution in [1.29, 1.82) is 0 Å². The van der Waals surface area contributed by atoms with Crippen LogP contribution in [0.4, 0.5) is 0 Å². The molecule has 0 spiro atoms. The van der Waals surface area contributed by atoms with E-state index >= 15 is 0 Å². The molecule has 0 saturated carbocycles. The van der Waals surface area contributed by atoms with Gasteiger partial charge in [0, 0.05) is 28.8 Å². The van der Waals surface area contributed by atoms with E-state index in [4.69, 9.17) is 0 Å². The Morgan fingerprint density at radius 2 is 2.00 bits per heavy atom. The molecular formula is C17H21BrN2. The smallest absolute Gasteiger partial charge is 0.0413 e. The summed E-state index contributed by atoms with van der Waals surface area (Å²) in [5.74, 6) is 0.463. The molecule has 20 heavy (non-hydrogen) atoms. The number of aryl methyl sites for hydroxylation is 1. The largest absolute Gasteiger partial charge is 0.316 e. The number of hydrogen-bond donors (Lipinski definition) is 1. The minimum Gasteiger partial charge on any atom is -0.316 e. The molecule has 0 radical (unpaired) electrons. The molecule has 1 aromatic heterocycles. The lowest BCUT2D eigenvalue weighted by atomic mass is 9.90. The van der Waals surface area contributed by atoms with Gasteiger partial charge in [-0.1, -0.05) is 31.2 Å². The van der Waals surface area contributed by atoms with Gasteiger partial charge < -0.3 is 5.32 Å². The molecule has 0 fully saturated rings. The maximum Gasteiger partial charge on any atom is 0.0413 e. The van der Waals surface area contributed by atoms with Gasteiger partial charge in [0.2, 0.25) is 0 Å². The maximum atomic E-state index is 4.51. The molecule has 1 N–H and O–H groups in total. The average Bonchev–Trinajstić information content (AvgIpc) is 2.46. The van der Waals surface area contributed by atoms with E-state index in [9.17, 15) is 0 Å². The van der Waals surface area contributed by atoms with E-state index in [1.165, 1.54) is 11.1 Å². The number of nitrogens with zero attached hydrogens (tertiary/aromatic N) is 1. The van der Waals surface area contributed by atoms with E-state index in [1.807, 2.05) is 6.20 Å². The molecule has 2 aromatic rings. The second-order valence-corrected chi connectivity index (χ2v) is 5.95. The Hall–Kier alpha value is -1.19. The predicted molar refractivity (Wildman–Crippen MR) is 88.1 cm³/mol. The first kappa shape index (κ1) is 15.2. The van der Waals surface area contributed by atoms with Crippen LogP contribution in [0.1, 0.15) is 29.7 Å². The minimum atomic E-state index is 0.463. The average molecular weight is 333 g/mol. The Bertz CT molecular complexity index is 537. The van der Waals surface area contributed by atoms with Crippen molar-refractivity contribution in [1.82, 2.24) is 10.3 Å². The lowest BCUT2D eigenvalue weighted by Gasteiger charge is -2.19. The third-order valence-corrected chi connectivity index (χ3v) is 3.98. The number of rotatable bonds is 6. The maximum absolute atomic E-state index is 4.51. The second-order valence-electron chi connectivity index (χ2n) is 5.03. The fourth-order valence-electron chi connectivity index (χ4n) is 2.44. The zero-order chi connectivity index (χ0) is 14.4. The van der Waals surface area contributed by atoms with Crippen molar-refractivity contribution in [3.63, 3.8) is 0 Å². The van der Waals surface area contributed by atoms with Gasteiger partial charge in [-0.2, -0.15) is 0 Å². The summed E-state index contributed by atoms with van der Waals surface area (Å²) in [6, 6.07) is 12.8. The highest BCUT2D eigenvalue weighted by molar-refractivity contribution is 9.10. The van der Waals surface area contributed by atoms with Crippen LogP contribution in [0.25, 0.3) is 0 Å².